The van der Waals surface area contributed by atoms with E-state index in [1.165, 1.54) is 6.07 Å². The van der Waals surface area contributed by atoms with Gasteiger partial charge in [0, 0.05) is 11.5 Å². The molecule has 0 saturated heterocycles. The Morgan fingerprint density at radius 2 is 1.86 bits per heavy atom. The highest BCUT2D eigenvalue weighted by molar-refractivity contribution is 6.37. The minimum absolute atomic E-state index is 0.0506. The Kier molecular flexibility index (Phi) is 2.09. The average Bonchev–Trinajstić information content (AvgIpc) is 2.18. The lowest BCUT2D eigenvalue weighted by atomic mass is 10.1. The van der Waals surface area contributed by atoms with E-state index < -0.39 is 4.92 Å². The summed E-state index contributed by atoms with van der Waals surface area (Å²) < 4.78 is 0. The van der Waals surface area contributed by atoms with Crippen molar-refractivity contribution in [2.24, 2.45) is 0 Å². The van der Waals surface area contributed by atoms with Crippen LogP contribution in [-0.4, -0.2) is 4.92 Å². The maximum absolute atomic E-state index is 10.6. The molecule has 70 valence electrons. The van der Waals surface area contributed by atoms with Gasteiger partial charge in [-0.25, -0.2) is 0 Å². The molecule has 14 heavy (non-hydrogen) atoms. The summed E-state index contributed by atoms with van der Waals surface area (Å²) in [6.45, 7) is 0. The van der Waals surface area contributed by atoms with Crippen LogP contribution in [0.2, 0.25) is 5.02 Å². The van der Waals surface area contributed by atoms with Gasteiger partial charge in [0.25, 0.3) is 5.69 Å². The lowest BCUT2D eigenvalue weighted by molar-refractivity contribution is -0.384. The average molecular weight is 208 g/mol. The number of nitrogens with zero attached hydrogens (tertiary/aromatic N) is 1. The van der Waals surface area contributed by atoms with Gasteiger partial charge >= 0.3 is 0 Å². The molecule has 0 heterocycles. The highest BCUT2D eigenvalue weighted by Crippen LogP contribution is 2.31. The molecule has 0 aliphatic carbocycles. The molecular weight excluding hydrogens is 202 g/mol. The van der Waals surface area contributed by atoms with Crippen LogP contribution in [0.3, 0.4) is 0 Å². The predicted molar refractivity (Wildman–Crippen MR) is 55.6 cm³/mol. The molecule has 0 spiro atoms. The van der Waals surface area contributed by atoms with E-state index in [-0.39, 0.29) is 10.7 Å². The Morgan fingerprint density at radius 3 is 2.57 bits per heavy atom. The summed E-state index contributed by atoms with van der Waals surface area (Å²) in [6.07, 6.45) is 0. The molecule has 0 aliphatic rings. The van der Waals surface area contributed by atoms with Gasteiger partial charge in [-0.3, -0.25) is 10.1 Å². The summed E-state index contributed by atoms with van der Waals surface area (Å²) >= 11 is 5.89. The van der Waals surface area contributed by atoms with E-state index in [4.69, 9.17) is 11.6 Å². The molecule has 2 aromatic rings. The lowest BCUT2D eigenvalue weighted by Gasteiger charge is -2.00. The van der Waals surface area contributed by atoms with Gasteiger partial charge in [-0.15, -0.1) is 0 Å². The molecule has 4 heteroatoms. The van der Waals surface area contributed by atoms with Crippen LogP contribution in [0.5, 0.6) is 0 Å². The standard InChI is InChI=1S/C10H6ClNO2/c11-10-8-4-2-1-3-7(8)5-6-9(10)12(13)14/h1-6H. The first-order chi connectivity index (χ1) is 6.70. The Morgan fingerprint density at radius 1 is 1.14 bits per heavy atom. The van der Waals surface area contributed by atoms with Crippen molar-refractivity contribution < 1.29 is 4.92 Å². The molecule has 0 saturated carbocycles. The van der Waals surface area contributed by atoms with Crippen molar-refractivity contribution in [1.29, 1.82) is 0 Å². The van der Waals surface area contributed by atoms with Crippen molar-refractivity contribution >= 4 is 28.1 Å². The number of nitro groups is 1. The Balaban J connectivity index is 2.81. The number of nitro benzene ring substituents is 1. The van der Waals surface area contributed by atoms with Crippen molar-refractivity contribution in [3.8, 4) is 0 Å². The lowest BCUT2D eigenvalue weighted by Crippen LogP contribution is -1.89. The molecule has 0 radical (unpaired) electrons. The smallest absolute Gasteiger partial charge is 0.258 e. The van der Waals surface area contributed by atoms with Crippen LogP contribution in [0, 0.1) is 10.1 Å². The van der Waals surface area contributed by atoms with Crippen LogP contribution in [0.15, 0.2) is 36.4 Å². The van der Waals surface area contributed by atoms with E-state index in [1.54, 1.807) is 18.2 Å². The van der Waals surface area contributed by atoms with Crippen molar-refractivity contribution in [3.05, 3.63) is 51.5 Å². The fourth-order valence-corrected chi connectivity index (χ4v) is 1.67. The molecule has 0 aromatic heterocycles. The third-order valence-electron chi connectivity index (χ3n) is 2.04. The number of hydrogen-bond acceptors (Lipinski definition) is 2. The van der Waals surface area contributed by atoms with Gasteiger partial charge in [0.2, 0.25) is 0 Å². The van der Waals surface area contributed by atoms with Gasteiger partial charge in [-0.1, -0.05) is 35.9 Å². The summed E-state index contributed by atoms with van der Waals surface area (Å²) in [6, 6.07) is 10.4. The second kappa shape index (κ2) is 3.27. The fourth-order valence-electron chi connectivity index (χ4n) is 1.36. The summed E-state index contributed by atoms with van der Waals surface area (Å²) in [5.41, 5.74) is -0.0506. The topological polar surface area (TPSA) is 43.1 Å². The molecule has 3 nitrogen and oxygen atoms in total. The molecular formula is C10H6ClNO2. The maximum atomic E-state index is 10.6. The van der Waals surface area contributed by atoms with E-state index in [0.29, 0.717) is 5.39 Å². The van der Waals surface area contributed by atoms with E-state index in [0.717, 1.165) is 5.39 Å². The minimum Gasteiger partial charge on any atom is -0.258 e. The normalized spacial score (nSPS) is 10.4. The van der Waals surface area contributed by atoms with Crippen LogP contribution in [-0.2, 0) is 0 Å². The Hall–Kier alpha value is -1.61. The summed E-state index contributed by atoms with van der Waals surface area (Å²) in [5, 5.41) is 12.4. The Bertz CT molecular complexity index is 510. The second-order valence-corrected chi connectivity index (χ2v) is 3.25. The zero-order valence-corrected chi connectivity index (χ0v) is 7.86. The van der Waals surface area contributed by atoms with Crippen LogP contribution in [0.4, 0.5) is 5.69 Å². The van der Waals surface area contributed by atoms with Crippen LogP contribution in [0.1, 0.15) is 0 Å². The molecule has 0 N–H and O–H groups in total. The van der Waals surface area contributed by atoms with Crippen LogP contribution >= 0.6 is 11.6 Å². The number of benzene rings is 2. The molecule has 0 aliphatic heterocycles. The minimum atomic E-state index is -0.477. The van der Waals surface area contributed by atoms with Crippen molar-refractivity contribution in [3.63, 3.8) is 0 Å². The summed E-state index contributed by atoms with van der Waals surface area (Å²) in [5.74, 6) is 0. The second-order valence-electron chi connectivity index (χ2n) is 2.88. The van der Waals surface area contributed by atoms with Gasteiger partial charge in [0.1, 0.15) is 5.02 Å². The number of halogens is 1. The zero-order chi connectivity index (χ0) is 10.1. The summed E-state index contributed by atoms with van der Waals surface area (Å²) in [7, 11) is 0. The molecule has 0 atom stereocenters. The number of hydrogen-bond donors (Lipinski definition) is 0. The largest absolute Gasteiger partial charge is 0.288 e. The van der Waals surface area contributed by atoms with Crippen LogP contribution < -0.4 is 0 Å². The van der Waals surface area contributed by atoms with Crippen molar-refractivity contribution in [1.82, 2.24) is 0 Å². The van der Waals surface area contributed by atoms with Gasteiger partial charge in [0.15, 0.2) is 0 Å². The molecule has 0 unspecified atom stereocenters. The van der Waals surface area contributed by atoms with Gasteiger partial charge < -0.3 is 0 Å². The van der Waals surface area contributed by atoms with Gasteiger partial charge in [0.05, 0.1) is 4.92 Å². The fraction of sp³-hybridized carbons (Fsp3) is 0. The van der Waals surface area contributed by atoms with Gasteiger partial charge in [-0.05, 0) is 11.5 Å². The van der Waals surface area contributed by atoms with E-state index in [2.05, 4.69) is 0 Å². The monoisotopic (exact) mass is 207 g/mol. The van der Waals surface area contributed by atoms with E-state index >= 15 is 0 Å². The maximum Gasteiger partial charge on any atom is 0.288 e. The van der Waals surface area contributed by atoms with Crippen molar-refractivity contribution in [2.75, 3.05) is 0 Å². The third-order valence-corrected chi connectivity index (χ3v) is 2.44. The van der Waals surface area contributed by atoms with E-state index in [9.17, 15) is 10.1 Å². The molecule has 2 aromatic carbocycles. The molecule has 0 fully saturated rings. The SMILES string of the molecule is O=[N+]([O-])c1ccc2ccccc2c1Cl. The third kappa shape index (κ3) is 1.32. The van der Waals surface area contributed by atoms with Gasteiger partial charge in [-0.2, -0.15) is 0 Å². The van der Waals surface area contributed by atoms with Crippen molar-refractivity contribution in [2.45, 2.75) is 0 Å². The van der Waals surface area contributed by atoms with Crippen LogP contribution in [0.25, 0.3) is 10.8 Å². The number of rotatable bonds is 1. The molecule has 2 rings (SSSR count). The molecule has 0 amide bonds. The highest BCUT2D eigenvalue weighted by atomic mass is 35.5. The Labute approximate surface area is 85.1 Å². The zero-order valence-electron chi connectivity index (χ0n) is 7.11. The highest BCUT2D eigenvalue weighted by Gasteiger charge is 2.13. The first-order valence-electron chi connectivity index (χ1n) is 4.02. The quantitative estimate of drug-likeness (QED) is 0.531. The predicted octanol–water partition coefficient (Wildman–Crippen LogP) is 3.40. The first kappa shape index (κ1) is 8.97. The van der Waals surface area contributed by atoms with E-state index in [1.807, 2.05) is 12.1 Å². The number of fused-ring (bicyclic) bond motifs is 1. The summed E-state index contributed by atoms with van der Waals surface area (Å²) in [4.78, 5) is 10.1. The first-order valence-corrected chi connectivity index (χ1v) is 4.39. The molecule has 0 bridgehead atoms.